The molecule has 2 N–H and O–H groups in total. The van der Waals surface area contributed by atoms with Crippen LogP contribution in [0.1, 0.15) is 40.5 Å². The molecule has 1 heterocycles. The van der Waals surface area contributed by atoms with Crippen molar-refractivity contribution in [2.75, 3.05) is 11.9 Å². The molecule has 0 spiro atoms. The quantitative estimate of drug-likeness (QED) is 0.557. The average Bonchev–Trinajstić information content (AvgIpc) is 3.52. The number of halogens is 1. The van der Waals surface area contributed by atoms with Gasteiger partial charge in [-0.15, -0.1) is 0 Å². The van der Waals surface area contributed by atoms with Crippen molar-refractivity contribution in [3.05, 3.63) is 64.8 Å². The first kappa shape index (κ1) is 20.2. The fourth-order valence-electron chi connectivity index (χ4n) is 3.53. The van der Waals surface area contributed by atoms with E-state index in [4.69, 9.17) is 11.6 Å². The topological polar surface area (TPSA) is 80.2 Å². The Hall–Kier alpha value is -3.12. The lowest BCUT2D eigenvalue weighted by molar-refractivity contribution is -0.116. The normalized spacial score (nSPS) is 13.3. The largest absolute Gasteiger partial charge is 0.352 e. The maximum atomic E-state index is 12.7. The van der Waals surface area contributed by atoms with Crippen LogP contribution in [0.5, 0.6) is 0 Å². The van der Waals surface area contributed by atoms with Gasteiger partial charge in [0.1, 0.15) is 6.54 Å². The number of rotatable bonds is 7. The van der Waals surface area contributed by atoms with Crippen LogP contribution in [0.4, 0.5) is 5.69 Å². The molecule has 7 heteroatoms. The van der Waals surface area contributed by atoms with Crippen LogP contribution < -0.4 is 10.6 Å². The molecule has 4 rings (SSSR count). The van der Waals surface area contributed by atoms with Crippen molar-refractivity contribution in [2.45, 2.75) is 26.3 Å². The Kier molecular flexibility index (Phi) is 5.59. The molecular formula is C23H22ClN3O3. The molecule has 2 amide bonds. The van der Waals surface area contributed by atoms with Gasteiger partial charge in [-0.1, -0.05) is 29.8 Å². The summed E-state index contributed by atoms with van der Waals surface area (Å²) >= 11 is 6.11. The number of hydrogen-bond acceptors (Lipinski definition) is 3. The standard InChI is InChI=1S/C23H22ClN3O3/c1-2-25-23(30)17-11-15(9-10-19(17)24)26-21(28)13-27-12-18(22(29)14-7-8-14)16-5-3-4-6-20(16)27/h3-6,9-12,14H,2,7-8,13H2,1H3,(H,25,30)(H,26,28). The van der Waals surface area contributed by atoms with Crippen molar-refractivity contribution in [3.8, 4) is 0 Å². The van der Waals surface area contributed by atoms with Crippen LogP contribution in [0.25, 0.3) is 10.9 Å². The molecule has 3 aromatic rings. The third kappa shape index (κ3) is 4.09. The Labute approximate surface area is 179 Å². The second-order valence-corrected chi connectivity index (χ2v) is 7.84. The molecule has 0 unspecified atom stereocenters. The molecular weight excluding hydrogens is 402 g/mol. The first-order chi connectivity index (χ1) is 14.5. The molecule has 0 bridgehead atoms. The maximum Gasteiger partial charge on any atom is 0.252 e. The number of carbonyl (C=O) groups excluding carboxylic acids is 3. The number of aromatic nitrogens is 1. The van der Waals surface area contributed by atoms with E-state index in [1.54, 1.807) is 29.0 Å². The minimum Gasteiger partial charge on any atom is -0.352 e. The number of nitrogens with one attached hydrogen (secondary N) is 2. The second-order valence-electron chi connectivity index (χ2n) is 7.43. The number of anilines is 1. The molecule has 6 nitrogen and oxygen atoms in total. The Morgan fingerprint density at radius 3 is 2.60 bits per heavy atom. The summed E-state index contributed by atoms with van der Waals surface area (Å²) in [6.45, 7) is 2.35. The molecule has 1 saturated carbocycles. The van der Waals surface area contributed by atoms with Crippen LogP contribution in [0, 0.1) is 5.92 Å². The van der Waals surface area contributed by atoms with Gasteiger partial charge in [0.05, 0.1) is 10.6 Å². The fourth-order valence-corrected chi connectivity index (χ4v) is 3.73. The van der Waals surface area contributed by atoms with Crippen LogP contribution in [-0.2, 0) is 11.3 Å². The number of para-hydroxylation sites is 1. The lowest BCUT2D eigenvalue weighted by Crippen LogP contribution is -2.23. The van der Waals surface area contributed by atoms with E-state index < -0.39 is 0 Å². The van der Waals surface area contributed by atoms with E-state index in [0.717, 1.165) is 23.7 Å². The van der Waals surface area contributed by atoms with Gasteiger partial charge in [-0.3, -0.25) is 14.4 Å². The zero-order valence-electron chi connectivity index (χ0n) is 16.6. The maximum absolute atomic E-state index is 12.7. The summed E-state index contributed by atoms with van der Waals surface area (Å²) in [4.78, 5) is 37.4. The minimum absolute atomic E-state index is 0.0532. The summed E-state index contributed by atoms with van der Waals surface area (Å²) in [7, 11) is 0. The van der Waals surface area contributed by atoms with Crippen molar-refractivity contribution in [3.63, 3.8) is 0 Å². The molecule has 154 valence electrons. The minimum atomic E-state index is -0.293. The Bertz CT molecular complexity index is 1150. The number of benzene rings is 2. The van der Waals surface area contributed by atoms with E-state index in [0.29, 0.717) is 28.4 Å². The van der Waals surface area contributed by atoms with Gasteiger partial charge in [0.25, 0.3) is 5.91 Å². The van der Waals surface area contributed by atoms with Crippen molar-refractivity contribution < 1.29 is 14.4 Å². The summed E-state index contributed by atoms with van der Waals surface area (Å²) in [5.74, 6) is -0.293. The van der Waals surface area contributed by atoms with Crippen LogP contribution in [0.3, 0.4) is 0 Å². The second kappa shape index (κ2) is 8.32. The summed E-state index contributed by atoms with van der Waals surface area (Å²) in [5, 5.41) is 6.69. The predicted molar refractivity (Wildman–Crippen MR) is 117 cm³/mol. The van der Waals surface area contributed by atoms with Crippen molar-refractivity contribution in [2.24, 2.45) is 5.92 Å². The van der Waals surface area contributed by atoms with Crippen LogP contribution >= 0.6 is 11.6 Å². The monoisotopic (exact) mass is 423 g/mol. The number of amides is 2. The first-order valence-electron chi connectivity index (χ1n) is 9.97. The highest BCUT2D eigenvalue weighted by Gasteiger charge is 2.32. The predicted octanol–water partition coefficient (Wildman–Crippen LogP) is 4.28. The molecule has 1 aliphatic carbocycles. The Morgan fingerprint density at radius 2 is 1.87 bits per heavy atom. The zero-order chi connectivity index (χ0) is 21.3. The molecule has 0 saturated heterocycles. The van der Waals surface area contributed by atoms with Crippen molar-refractivity contribution >= 4 is 45.8 Å². The molecule has 1 aliphatic rings. The molecule has 0 radical (unpaired) electrons. The van der Waals surface area contributed by atoms with E-state index >= 15 is 0 Å². The fraction of sp³-hybridized carbons (Fsp3) is 0.261. The van der Waals surface area contributed by atoms with E-state index in [1.807, 2.05) is 31.2 Å². The smallest absolute Gasteiger partial charge is 0.252 e. The van der Waals surface area contributed by atoms with Crippen molar-refractivity contribution in [1.29, 1.82) is 0 Å². The number of Topliss-reactive ketones (excluding diaryl/α,β-unsaturated/α-hetero) is 1. The van der Waals surface area contributed by atoms with Gasteiger partial charge >= 0.3 is 0 Å². The third-order valence-electron chi connectivity index (χ3n) is 5.15. The summed E-state index contributed by atoms with van der Waals surface area (Å²) < 4.78 is 1.79. The number of nitrogens with zero attached hydrogens (tertiary/aromatic N) is 1. The van der Waals surface area contributed by atoms with Crippen LogP contribution in [0.2, 0.25) is 5.02 Å². The molecule has 2 aromatic carbocycles. The van der Waals surface area contributed by atoms with E-state index in [1.165, 1.54) is 0 Å². The van der Waals surface area contributed by atoms with Gasteiger partial charge in [-0.2, -0.15) is 0 Å². The highest BCUT2D eigenvalue weighted by molar-refractivity contribution is 6.34. The van der Waals surface area contributed by atoms with E-state index in [2.05, 4.69) is 10.6 Å². The molecule has 0 aliphatic heterocycles. The number of ketones is 1. The van der Waals surface area contributed by atoms with Gasteiger partial charge in [0.2, 0.25) is 5.91 Å². The van der Waals surface area contributed by atoms with Gasteiger partial charge in [-0.05, 0) is 44.0 Å². The van der Waals surface area contributed by atoms with Gasteiger partial charge in [-0.25, -0.2) is 0 Å². The van der Waals surface area contributed by atoms with Gasteiger partial charge in [0, 0.05) is 40.8 Å². The summed E-state index contributed by atoms with van der Waals surface area (Å²) in [5.41, 5.74) is 2.30. The zero-order valence-corrected chi connectivity index (χ0v) is 17.3. The first-order valence-corrected chi connectivity index (χ1v) is 10.4. The number of fused-ring (bicyclic) bond motifs is 1. The molecule has 1 fully saturated rings. The van der Waals surface area contributed by atoms with E-state index in [-0.39, 0.29) is 30.1 Å². The lowest BCUT2D eigenvalue weighted by Gasteiger charge is -2.10. The van der Waals surface area contributed by atoms with Gasteiger partial charge < -0.3 is 15.2 Å². The highest BCUT2D eigenvalue weighted by atomic mass is 35.5. The SMILES string of the molecule is CCNC(=O)c1cc(NC(=O)Cn2cc(C(=O)C3CC3)c3ccccc32)ccc1Cl. The molecule has 1 aromatic heterocycles. The third-order valence-corrected chi connectivity index (χ3v) is 5.48. The number of carbonyl (C=O) groups is 3. The van der Waals surface area contributed by atoms with E-state index in [9.17, 15) is 14.4 Å². The Balaban J connectivity index is 1.55. The van der Waals surface area contributed by atoms with Crippen molar-refractivity contribution in [1.82, 2.24) is 9.88 Å². The number of hydrogen-bond donors (Lipinski definition) is 2. The Morgan fingerprint density at radius 1 is 1.10 bits per heavy atom. The van der Waals surface area contributed by atoms with Crippen LogP contribution in [0.15, 0.2) is 48.7 Å². The summed E-state index contributed by atoms with van der Waals surface area (Å²) in [6.07, 6.45) is 3.64. The summed E-state index contributed by atoms with van der Waals surface area (Å²) in [6, 6.07) is 12.4. The average molecular weight is 424 g/mol. The van der Waals surface area contributed by atoms with Crippen LogP contribution in [-0.4, -0.2) is 28.7 Å². The lowest BCUT2D eigenvalue weighted by atomic mass is 10.1. The molecule has 0 atom stereocenters. The highest BCUT2D eigenvalue weighted by Crippen LogP contribution is 2.35. The van der Waals surface area contributed by atoms with Gasteiger partial charge in [0.15, 0.2) is 5.78 Å². The molecule has 30 heavy (non-hydrogen) atoms.